The number of non-ortho nitro benzene ring substituents is 1. The number of nitro groups is 1. The molecule has 1 fully saturated rings. The molecule has 0 aliphatic heterocycles. The number of nitrogens with zero attached hydrogens (tertiary/aromatic N) is 1. The van der Waals surface area contributed by atoms with E-state index in [2.05, 4.69) is 10.6 Å². The van der Waals surface area contributed by atoms with Crippen molar-refractivity contribution in [3.8, 4) is 0 Å². The second kappa shape index (κ2) is 9.69. The average Bonchev–Trinajstić information content (AvgIpc) is 3.35. The van der Waals surface area contributed by atoms with Gasteiger partial charge in [0.1, 0.15) is 5.00 Å². The van der Waals surface area contributed by atoms with Crippen molar-refractivity contribution in [3.63, 3.8) is 0 Å². The lowest BCUT2D eigenvalue weighted by atomic mass is 10.1. The number of rotatable bonds is 7. The molecule has 1 saturated carbocycles. The van der Waals surface area contributed by atoms with Crippen LogP contribution in [0.5, 0.6) is 0 Å². The summed E-state index contributed by atoms with van der Waals surface area (Å²) >= 11 is 0.987. The molecular weight excluding hydrogens is 422 g/mol. The normalized spacial score (nSPS) is 13.6. The van der Waals surface area contributed by atoms with Gasteiger partial charge in [0.15, 0.2) is 0 Å². The zero-order chi connectivity index (χ0) is 22.5. The van der Waals surface area contributed by atoms with Crippen LogP contribution in [0.2, 0.25) is 0 Å². The highest BCUT2D eigenvalue weighted by atomic mass is 32.1. The number of nitro benzene ring substituents is 1. The first-order valence-electron chi connectivity index (χ1n) is 9.99. The van der Waals surface area contributed by atoms with E-state index in [-0.39, 0.29) is 40.4 Å². The first-order chi connectivity index (χ1) is 14.8. The van der Waals surface area contributed by atoms with Crippen LogP contribution < -0.4 is 10.6 Å². The van der Waals surface area contributed by atoms with Crippen molar-refractivity contribution in [3.05, 3.63) is 55.9 Å². The number of hydrogen-bond acceptors (Lipinski definition) is 7. The molecule has 2 aromatic rings. The van der Waals surface area contributed by atoms with Crippen molar-refractivity contribution in [1.82, 2.24) is 5.32 Å². The highest BCUT2D eigenvalue weighted by Gasteiger charge is 2.28. The Morgan fingerprint density at radius 1 is 1.23 bits per heavy atom. The second-order valence-corrected chi connectivity index (χ2v) is 8.22. The SMILES string of the molecule is CCOC(=O)c1c(NC(=O)c2cccc([N+](=O)[O-])c2)sc(C(=O)NC2CCCC2)c1C. The summed E-state index contributed by atoms with van der Waals surface area (Å²) in [5.41, 5.74) is 0.375. The van der Waals surface area contributed by atoms with Crippen molar-refractivity contribution in [1.29, 1.82) is 0 Å². The average molecular weight is 445 g/mol. The van der Waals surface area contributed by atoms with Gasteiger partial charge in [-0.15, -0.1) is 11.3 Å². The fourth-order valence-electron chi connectivity index (χ4n) is 3.52. The lowest BCUT2D eigenvalue weighted by Gasteiger charge is -2.11. The molecular formula is C21H23N3O6S. The third kappa shape index (κ3) is 5.08. The minimum Gasteiger partial charge on any atom is -0.462 e. The third-order valence-corrected chi connectivity index (χ3v) is 6.28. The molecule has 0 atom stereocenters. The lowest BCUT2D eigenvalue weighted by Crippen LogP contribution is -2.32. The van der Waals surface area contributed by atoms with Gasteiger partial charge in [-0.25, -0.2) is 4.79 Å². The molecule has 2 N–H and O–H groups in total. The lowest BCUT2D eigenvalue weighted by molar-refractivity contribution is -0.384. The van der Waals surface area contributed by atoms with E-state index in [0.29, 0.717) is 10.4 Å². The van der Waals surface area contributed by atoms with Crippen molar-refractivity contribution in [2.45, 2.75) is 45.6 Å². The molecule has 3 rings (SSSR count). The fourth-order valence-corrected chi connectivity index (χ4v) is 4.62. The van der Waals surface area contributed by atoms with Crippen LogP contribution in [0.25, 0.3) is 0 Å². The molecule has 0 radical (unpaired) electrons. The summed E-state index contributed by atoms with van der Waals surface area (Å²) in [6.45, 7) is 3.43. The molecule has 1 aromatic heterocycles. The Kier molecular flexibility index (Phi) is 7.01. The number of esters is 1. The number of benzene rings is 1. The number of hydrogen-bond donors (Lipinski definition) is 2. The third-order valence-electron chi connectivity index (χ3n) is 5.07. The predicted octanol–water partition coefficient (Wildman–Crippen LogP) is 4.07. The van der Waals surface area contributed by atoms with E-state index in [1.54, 1.807) is 13.8 Å². The van der Waals surface area contributed by atoms with E-state index < -0.39 is 16.8 Å². The monoisotopic (exact) mass is 445 g/mol. The van der Waals surface area contributed by atoms with Gasteiger partial charge in [0.05, 0.1) is 22.0 Å². The first kappa shape index (κ1) is 22.4. The van der Waals surface area contributed by atoms with Crippen molar-refractivity contribution in [2.24, 2.45) is 0 Å². The maximum absolute atomic E-state index is 12.8. The number of carbonyl (C=O) groups excluding carboxylic acids is 3. The van der Waals surface area contributed by atoms with E-state index >= 15 is 0 Å². The zero-order valence-electron chi connectivity index (χ0n) is 17.2. The molecule has 0 bridgehead atoms. The van der Waals surface area contributed by atoms with Gasteiger partial charge in [-0.2, -0.15) is 0 Å². The Morgan fingerprint density at radius 2 is 1.94 bits per heavy atom. The number of anilines is 1. The molecule has 0 unspecified atom stereocenters. The topological polar surface area (TPSA) is 128 Å². The Morgan fingerprint density at radius 3 is 2.58 bits per heavy atom. The van der Waals surface area contributed by atoms with Crippen molar-refractivity contribution < 1.29 is 24.0 Å². The Hall–Kier alpha value is -3.27. The predicted molar refractivity (Wildman–Crippen MR) is 116 cm³/mol. The van der Waals surface area contributed by atoms with Gasteiger partial charge in [-0.1, -0.05) is 18.9 Å². The molecule has 1 aliphatic carbocycles. The maximum atomic E-state index is 12.8. The molecule has 0 saturated heterocycles. The van der Waals surface area contributed by atoms with Crippen LogP contribution in [0.1, 0.15) is 68.6 Å². The van der Waals surface area contributed by atoms with Crippen molar-refractivity contribution in [2.75, 3.05) is 11.9 Å². The summed E-state index contributed by atoms with van der Waals surface area (Å²) in [7, 11) is 0. The second-order valence-electron chi connectivity index (χ2n) is 7.20. The minimum atomic E-state index is -0.648. The molecule has 2 amide bonds. The standard InChI is InChI=1S/C21H23N3O6S/c1-3-30-21(27)16-12(2)17(19(26)22-14-8-4-5-9-14)31-20(16)23-18(25)13-7-6-10-15(11-13)24(28)29/h6-7,10-11,14H,3-5,8-9H2,1-2H3,(H,22,26)(H,23,25). The van der Waals surface area contributed by atoms with E-state index in [9.17, 15) is 24.5 Å². The number of ether oxygens (including phenoxy) is 1. The van der Waals surface area contributed by atoms with Crippen molar-refractivity contribution >= 4 is 39.8 Å². The molecule has 10 heteroatoms. The summed E-state index contributed by atoms with van der Waals surface area (Å²) < 4.78 is 5.11. The summed E-state index contributed by atoms with van der Waals surface area (Å²) in [6.07, 6.45) is 3.95. The minimum absolute atomic E-state index is 0.0621. The van der Waals surface area contributed by atoms with Gasteiger partial charge in [-0.05, 0) is 38.3 Å². The van der Waals surface area contributed by atoms with Crippen LogP contribution in [0.4, 0.5) is 10.7 Å². The Balaban J connectivity index is 1.91. The number of carbonyl (C=O) groups is 3. The van der Waals surface area contributed by atoms with Crippen LogP contribution in [0.15, 0.2) is 24.3 Å². The Labute approximate surface area is 182 Å². The number of amides is 2. The van der Waals surface area contributed by atoms with Crippen LogP contribution in [-0.2, 0) is 4.74 Å². The van der Waals surface area contributed by atoms with Gasteiger partial charge in [-0.3, -0.25) is 19.7 Å². The number of nitrogens with one attached hydrogen (secondary N) is 2. The Bertz CT molecular complexity index is 1030. The van der Waals surface area contributed by atoms with E-state index in [1.807, 2.05) is 0 Å². The molecule has 31 heavy (non-hydrogen) atoms. The quantitative estimate of drug-likeness (QED) is 0.376. The van der Waals surface area contributed by atoms with Crippen LogP contribution in [0, 0.1) is 17.0 Å². The van der Waals surface area contributed by atoms with Gasteiger partial charge >= 0.3 is 5.97 Å². The summed E-state index contributed by atoms with van der Waals surface area (Å²) in [4.78, 5) is 48.8. The van der Waals surface area contributed by atoms with Crippen LogP contribution in [0.3, 0.4) is 0 Å². The summed E-state index contributed by atoms with van der Waals surface area (Å²) in [5, 5.41) is 16.8. The van der Waals surface area contributed by atoms with Gasteiger partial charge in [0.2, 0.25) is 0 Å². The maximum Gasteiger partial charge on any atom is 0.341 e. The molecule has 9 nitrogen and oxygen atoms in total. The largest absolute Gasteiger partial charge is 0.462 e. The highest BCUT2D eigenvalue weighted by molar-refractivity contribution is 7.18. The number of thiophene rings is 1. The smallest absolute Gasteiger partial charge is 0.341 e. The van der Waals surface area contributed by atoms with Gasteiger partial charge in [0, 0.05) is 23.7 Å². The molecule has 0 spiro atoms. The zero-order valence-corrected chi connectivity index (χ0v) is 18.0. The van der Waals surface area contributed by atoms with Gasteiger partial charge in [0.25, 0.3) is 17.5 Å². The molecule has 164 valence electrons. The van der Waals surface area contributed by atoms with Crippen LogP contribution >= 0.6 is 11.3 Å². The first-order valence-corrected chi connectivity index (χ1v) is 10.8. The summed E-state index contributed by atoms with van der Waals surface area (Å²) in [5.74, 6) is -1.57. The van der Waals surface area contributed by atoms with Gasteiger partial charge < -0.3 is 15.4 Å². The molecule has 1 aliphatic rings. The van der Waals surface area contributed by atoms with E-state index in [0.717, 1.165) is 43.1 Å². The molecule has 1 heterocycles. The highest BCUT2D eigenvalue weighted by Crippen LogP contribution is 2.34. The fraction of sp³-hybridized carbons (Fsp3) is 0.381. The van der Waals surface area contributed by atoms with Crippen LogP contribution in [-0.4, -0.2) is 35.4 Å². The van der Waals surface area contributed by atoms with E-state index in [4.69, 9.17) is 4.74 Å². The van der Waals surface area contributed by atoms with E-state index in [1.165, 1.54) is 18.2 Å². The molecule has 1 aromatic carbocycles. The summed E-state index contributed by atoms with van der Waals surface area (Å²) in [6, 6.07) is 5.36.